The van der Waals surface area contributed by atoms with Crippen LogP contribution in [0.4, 0.5) is 15.1 Å². The second-order valence-corrected chi connectivity index (χ2v) is 9.81. The summed E-state index contributed by atoms with van der Waals surface area (Å²) in [5.74, 6) is 1.12. The highest BCUT2D eigenvalue weighted by Gasteiger charge is 2.33. The molecular weight excluding hydrogens is 445 g/mol. The molecule has 0 bridgehead atoms. The van der Waals surface area contributed by atoms with Crippen LogP contribution in [0, 0.1) is 5.92 Å². The number of carbonyl (C=O) groups excluding carboxylic acids is 1. The molecule has 2 aliphatic heterocycles. The summed E-state index contributed by atoms with van der Waals surface area (Å²) in [7, 11) is 0. The van der Waals surface area contributed by atoms with Crippen LogP contribution in [0.5, 0.6) is 5.75 Å². The highest BCUT2D eigenvalue weighted by Crippen LogP contribution is 2.27. The Morgan fingerprint density at radius 1 is 1.26 bits per heavy atom. The van der Waals surface area contributed by atoms with Crippen molar-refractivity contribution in [3.8, 4) is 5.75 Å². The van der Waals surface area contributed by atoms with E-state index >= 15 is 0 Å². The average Bonchev–Trinajstić information content (AvgIpc) is 3.24. The molecule has 190 valence electrons. The molecule has 2 saturated heterocycles. The minimum Gasteiger partial charge on any atom is -0.486 e. The van der Waals surface area contributed by atoms with Gasteiger partial charge < -0.3 is 29.9 Å². The van der Waals surface area contributed by atoms with Gasteiger partial charge in [0.2, 0.25) is 5.95 Å². The smallest absolute Gasteiger partial charge is 0.407 e. The van der Waals surface area contributed by atoms with Gasteiger partial charge in [0.25, 0.3) is 0 Å². The molecule has 2 fully saturated rings. The van der Waals surface area contributed by atoms with Crippen LogP contribution in [0.15, 0.2) is 24.3 Å². The molecule has 1 amide bonds. The summed E-state index contributed by atoms with van der Waals surface area (Å²) in [5, 5.41) is 22.8. The Kier molecular flexibility index (Phi) is 9.03. The summed E-state index contributed by atoms with van der Waals surface area (Å²) in [6.45, 7) is 7.84. The van der Waals surface area contributed by atoms with Gasteiger partial charge in [-0.1, -0.05) is 0 Å². The molecule has 1 unspecified atom stereocenters. The van der Waals surface area contributed by atoms with E-state index in [4.69, 9.17) is 9.47 Å². The number of anilines is 1. The van der Waals surface area contributed by atoms with Crippen molar-refractivity contribution < 1.29 is 28.9 Å². The molecule has 0 spiro atoms. The maximum Gasteiger partial charge on any atom is 0.407 e. The van der Waals surface area contributed by atoms with Crippen LogP contribution in [0.3, 0.4) is 0 Å². The number of aliphatic hydroxyl groups is 2. The molecule has 3 N–H and O–H groups in total. The second kappa shape index (κ2) is 11.8. The fraction of sp³-hybridized carbons (Fsp3) is 0.696. The van der Waals surface area contributed by atoms with Gasteiger partial charge in [-0.25, -0.2) is 19.2 Å². The Hall–Kier alpha value is -2.50. The lowest BCUT2D eigenvalue weighted by Gasteiger charge is -2.37. The fourth-order valence-corrected chi connectivity index (χ4v) is 4.05. The quantitative estimate of drug-likeness (QED) is 0.511. The summed E-state index contributed by atoms with van der Waals surface area (Å²) in [6, 6.07) is 0. The van der Waals surface area contributed by atoms with Crippen molar-refractivity contribution in [1.29, 1.82) is 0 Å². The lowest BCUT2D eigenvalue weighted by atomic mass is 9.94. The van der Waals surface area contributed by atoms with Crippen LogP contribution in [-0.2, 0) is 4.74 Å². The molecule has 1 aromatic heterocycles. The second-order valence-electron chi connectivity index (χ2n) is 9.81. The normalized spacial score (nSPS) is 21.4. The van der Waals surface area contributed by atoms with E-state index in [0.717, 1.165) is 32.5 Å². The first kappa shape index (κ1) is 26.1. The lowest BCUT2D eigenvalue weighted by molar-refractivity contribution is -0.0393. The van der Waals surface area contributed by atoms with Crippen molar-refractivity contribution in [2.75, 3.05) is 44.2 Å². The van der Waals surface area contributed by atoms with E-state index < -0.39 is 17.9 Å². The summed E-state index contributed by atoms with van der Waals surface area (Å²) in [4.78, 5) is 24.4. The molecule has 11 heteroatoms. The number of alkyl carbamates (subject to hydrolysis) is 1. The number of hydrogen-bond donors (Lipinski definition) is 3. The number of amides is 1. The van der Waals surface area contributed by atoms with Gasteiger partial charge in [-0.2, -0.15) is 0 Å². The monoisotopic (exact) mass is 481 g/mol. The van der Waals surface area contributed by atoms with Crippen LogP contribution >= 0.6 is 0 Å². The highest BCUT2D eigenvalue weighted by molar-refractivity contribution is 5.68. The van der Waals surface area contributed by atoms with Crippen molar-refractivity contribution >= 4 is 12.0 Å². The molecule has 2 aliphatic rings. The first-order valence-electron chi connectivity index (χ1n) is 11.7. The summed E-state index contributed by atoms with van der Waals surface area (Å²) in [5.41, 5.74) is -0.396. The zero-order chi connectivity index (χ0) is 24.7. The maximum atomic E-state index is 13.2. The topological polar surface area (TPSA) is 120 Å². The largest absolute Gasteiger partial charge is 0.486 e. The average molecular weight is 482 g/mol. The van der Waals surface area contributed by atoms with Crippen molar-refractivity contribution in [2.45, 2.75) is 58.0 Å². The first-order chi connectivity index (χ1) is 16.1. The molecule has 0 aliphatic carbocycles. The molecule has 3 rings (SSSR count). The van der Waals surface area contributed by atoms with Crippen LogP contribution in [0.1, 0.15) is 40.0 Å². The molecular formula is C23H36FN5O5. The van der Waals surface area contributed by atoms with Crippen molar-refractivity contribution in [3.63, 3.8) is 0 Å². The third-order valence-corrected chi connectivity index (χ3v) is 5.86. The Morgan fingerprint density at radius 2 is 1.94 bits per heavy atom. The minimum absolute atomic E-state index is 0.0401. The van der Waals surface area contributed by atoms with Gasteiger partial charge in [-0.05, 0) is 40.0 Å². The molecule has 34 heavy (non-hydrogen) atoms. The van der Waals surface area contributed by atoms with Crippen LogP contribution in [0.25, 0.3) is 0 Å². The lowest BCUT2D eigenvalue weighted by Crippen LogP contribution is -2.45. The Balaban J connectivity index is 1.41. The van der Waals surface area contributed by atoms with Gasteiger partial charge in [0.1, 0.15) is 18.4 Å². The van der Waals surface area contributed by atoms with Crippen LogP contribution in [0.2, 0.25) is 0 Å². The molecule has 1 aromatic rings. The number of carbonyl (C=O) groups is 1. The van der Waals surface area contributed by atoms with E-state index in [1.54, 1.807) is 20.8 Å². The molecule has 3 heterocycles. The number of β-amino-alcohol motifs (C(OH)–C–C–N with tert-alkyl or cyclic N) is 1. The SMILES string of the molecule is CC(C)(C)OC(=O)NC/C(=C\F)COc1cnc(N2CCC(C(O)N3CC[C@H](O)C3)CC2)nc1. The van der Waals surface area contributed by atoms with Crippen molar-refractivity contribution in [2.24, 2.45) is 5.92 Å². The molecule has 0 radical (unpaired) electrons. The third kappa shape index (κ3) is 7.78. The van der Waals surface area contributed by atoms with E-state index in [0.29, 0.717) is 31.0 Å². The minimum atomic E-state index is -0.633. The number of aliphatic hydroxyl groups excluding tert-OH is 2. The molecule has 0 saturated carbocycles. The number of nitrogens with zero attached hydrogens (tertiary/aromatic N) is 4. The van der Waals surface area contributed by atoms with Crippen molar-refractivity contribution in [1.82, 2.24) is 20.2 Å². The van der Waals surface area contributed by atoms with Gasteiger partial charge in [0.05, 0.1) is 24.8 Å². The maximum absolute atomic E-state index is 13.2. The Morgan fingerprint density at radius 3 is 2.50 bits per heavy atom. The number of nitrogens with one attached hydrogen (secondary N) is 1. The first-order valence-corrected chi connectivity index (χ1v) is 11.7. The van der Waals surface area contributed by atoms with Gasteiger partial charge in [0, 0.05) is 44.2 Å². The van der Waals surface area contributed by atoms with E-state index in [1.165, 1.54) is 12.4 Å². The predicted octanol–water partition coefficient (Wildman–Crippen LogP) is 1.83. The van der Waals surface area contributed by atoms with E-state index in [-0.39, 0.29) is 30.7 Å². The molecule has 10 nitrogen and oxygen atoms in total. The van der Waals surface area contributed by atoms with Crippen LogP contribution in [-0.4, -0.2) is 88.4 Å². The Bertz CT molecular complexity index is 824. The predicted molar refractivity (Wildman–Crippen MR) is 124 cm³/mol. The summed E-state index contributed by atoms with van der Waals surface area (Å²) >= 11 is 0. The van der Waals surface area contributed by atoms with Gasteiger partial charge in [0.15, 0.2) is 5.75 Å². The molecule has 0 aromatic carbocycles. The third-order valence-electron chi connectivity index (χ3n) is 5.86. The van der Waals surface area contributed by atoms with Crippen LogP contribution < -0.4 is 15.0 Å². The number of hydrogen-bond acceptors (Lipinski definition) is 9. The van der Waals surface area contributed by atoms with Gasteiger partial charge >= 0.3 is 6.09 Å². The van der Waals surface area contributed by atoms with E-state index in [9.17, 15) is 19.4 Å². The van der Waals surface area contributed by atoms with Crippen molar-refractivity contribution in [3.05, 3.63) is 24.3 Å². The fourth-order valence-electron chi connectivity index (χ4n) is 4.05. The molecule has 2 atom stereocenters. The summed E-state index contributed by atoms with van der Waals surface area (Å²) in [6.07, 6.45) is 4.29. The van der Waals surface area contributed by atoms with Gasteiger partial charge in [-0.3, -0.25) is 4.90 Å². The Labute approximate surface area is 199 Å². The number of piperidine rings is 1. The van der Waals surface area contributed by atoms with E-state index in [1.807, 2.05) is 4.90 Å². The standard InChI is InChI=1S/C23H36FN5O5/c1-23(2,3)34-22(32)27-11-16(10-24)15-33-19-12-25-21(26-13-19)28-7-4-17(5-8-28)20(31)29-9-6-18(30)14-29/h10,12-13,17-18,20,30-31H,4-9,11,14-15H2,1-3H3,(H,27,32)/b16-10+/t18-,20?/m0/s1. The summed E-state index contributed by atoms with van der Waals surface area (Å²) < 4.78 is 23.8. The number of aromatic nitrogens is 2. The van der Waals surface area contributed by atoms with Gasteiger partial charge in [-0.15, -0.1) is 0 Å². The highest BCUT2D eigenvalue weighted by atomic mass is 19.1. The van der Waals surface area contributed by atoms with E-state index in [2.05, 4.69) is 20.2 Å². The number of rotatable bonds is 8. The zero-order valence-corrected chi connectivity index (χ0v) is 20.1. The number of ether oxygens (including phenoxy) is 2. The number of likely N-dealkylation sites (tertiary alicyclic amines) is 1. The zero-order valence-electron chi connectivity index (χ0n) is 20.1. The number of halogens is 1.